The number of aromatic nitrogens is 3. The lowest BCUT2D eigenvalue weighted by molar-refractivity contribution is 0.100. The molecule has 3 rings (SSSR count). The molecule has 2 amide bonds. The molecule has 0 saturated carbocycles. The van der Waals surface area contributed by atoms with E-state index in [1.54, 1.807) is 0 Å². The molecular weight excluding hydrogens is 540 g/mol. The molecule has 2 heterocycles. The Morgan fingerprint density at radius 1 is 1.03 bits per heavy atom. The third-order valence-electron chi connectivity index (χ3n) is 3.46. The third kappa shape index (κ3) is 5.44. The van der Waals surface area contributed by atoms with Gasteiger partial charge in [0.25, 0.3) is 11.8 Å². The number of nitrogens with one attached hydrogen (secondary N) is 1. The van der Waals surface area contributed by atoms with Crippen molar-refractivity contribution in [1.82, 2.24) is 14.8 Å². The van der Waals surface area contributed by atoms with E-state index in [-0.39, 0.29) is 37.8 Å². The lowest BCUT2D eigenvalue weighted by atomic mass is 10.1. The summed E-state index contributed by atoms with van der Waals surface area (Å²) in [5.74, 6) is -1.27. The molecule has 0 bridgehead atoms. The summed E-state index contributed by atoms with van der Waals surface area (Å²) in [6.45, 7) is 4.00. The Kier molecular flexibility index (Phi) is 8.52. The van der Waals surface area contributed by atoms with Gasteiger partial charge in [-0.15, -0.1) is 0 Å². The number of nitrogens with zero attached hydrogens (tertiary/aromatic N) is 3. The van der Waals surface area contributed by atoms with Crippen molar-refractivity contribution in [2.75, 3.05) is 5.32 Å². The second kappa shape index (κ2) is 10.5. The maximum atomic E-state index is 12.9. The molecule has 2 aromatic heterocycles. The third-order valence-corrected chi connectivity index (χ3v) is 4.85. The van der Waals surface area contributed by atoms with E-state index >= 15 is 0 Å². The Bertz CT molecular complexity index is 1120. The molecule has 0 saturated heterocycles. The first-order valence-corrected chi connectivity index (χ1v) is 10.6. The van der Waals surface area contributed by atoms with Crippen molar-refractivity contribution < 1.29 is 9.59 Å². The van der Waals surface area contributed by atoms with Crippen LogP contribution in [0.15, 0.2) is 35.1 Å². The predicted octanol–water partition coefficient (Wildman–Crippen LogP) is 6.02. The van der Waals surface area contributed by atoms with E-state index in [1.807, 2.05) is 13.8 Å². The van der Waals surface area contributed by atoms with Gasteiger partial charge in [-0.1, -0.05) is 60.3 Å². The molecule has 12 heteroatoms. The Morgan fingerprint density at radius 3 is 2.27 bits per heavy atom. The molecule has 0 radical (unpaired) electrons. The van der Waals surface area contributed by atoms with Crippen molar-refractivity contribution in [3.63, 3.8) is 0 Å². The maximum Gasteiger partial charge on any atom is 0.274 e. The molecule has 3 aromatic rings. The summed E-state index contributed by atoms with van der Waals surface area (Å²) in [4.78, 5) is 28.7. The molecule has 158 valence electrons. The van der Waals surface area contributed by atoms with Gasteiger partial charge < -0.3 is 11.1 Å². The van der Waals surface area contributed by atoms with Crippen molar-refractivity contribution >= 4 is 79.8 Å². The summed E-state index contributed by atoms with van der Waals surface area (Å²) < 4.78 is 1.56. The van der Waals surface area contributed by atoms with Gasteiger partial charge in [-0.2, -0.15) is 5.10 Å². The molecule has 0 fully saturated rings. The number of carbonyl (C=O) groups is 2. The topological polar surface area (TPSA) is 103 Å². The number of halogens is 5. The van der Waals surface area contributed by atoms with Crippen LogP contribution < -0.4 is 11.1 Å². The van der Waals surface area contributed by atoms with Crippen LogP contribution in [0.2, 0.25) is 20.1 Å². The van der Waals surface area contributed by atoms with Crippen LogP contribution >= 0.6 is 62.3 Å². The smallest absolute Gasteiger partial charge is 0.274 e. The standard InChI is InChI=1S/C16H8BrCl4N5O2.C2H6/c17-12-4-11(26(25-12)15-10(21)3-7(19)5-23-15)16(28)24-13-8(14(22)27)1-6(18)2-9(13)20;1-2/h1-5H,(H2,22,27)(H,24,28);1-2H3. The number of benzene rings is 1. The van der Waals surface area contributed by atoms with Crippen LogP contribution in [0.3, 0.4) is 0 Å². The lowest BCUT2D eigenvalue weighted by Gasteiger charge is -2.13. The molecule has 0 aliphatic rings. The van der Waals surface area contributed by atoms with Gasteiger partial charge in [0.2, 0.25) is 0 Å². The van der Waals surface area contributed by atoms with Gasteiger partial charge in [-0.25, -0.2) is 9.67 Å². The second-order valence-electron chi connectivity index (χ2n) is 5.35. The highest BCUT2D eigenvalue weighted by atomic mass is 79.9. The number of nitrogens with two attached hydrogens (primary N) is 1. The minimum absolute atomic E-state index is 0.0163. The number of hydrogen-bond donors (Lipinski definition) is 2. The summed E-state index contributed by atoms with van der Waals surface area (Å²) >= 11 is 27.3. The number of amides is 2. The Morgan fingerprint density at radius 2 is 1.67 bits per heavy atom. The van der Waals surface area contributed by atoms with Gasteiger partial charge in [-0.3, -0.25) is 9.59 Å². The SMILES string of the molecule is CC.NC(=O)c1cc(Cl)cc(Cl)c1NC(=O)c1cc(Br)nn1-c1ncc(Cl)cc1Cl. The number of rotatable bonds is 4. The van der Waals surface area contributed by atoms with Gasteiger partial charge in [0.15, 0.2) is 5.82 Å². The van der Waals surface area contributed by atoms with Gasteiger partial charge in [0.05, 0.1) is 26.3 Å². The van der Waals surface area contributed by atoms with Gasteiger partial charge in [-0.05, 0) is 34.1 Å². The average Bonchev–Trinajstić information content (AvgIpc) is 3.06. The van der Waals surface area contributed by atoms with E-state index in [1.165, 1.54) is 35.1 Å². The fourth-order valence-electron chi connectivity index (χ4n) is 2.31. The second-order valence-corrected chi connectivity index (χ2v) is 7.85. The number of anilines is 1. The van der Waals surface area contributed by atoms with E-state index in [0.29, 0.717) is 9.63 Å². The van der Waals surface area contributed by atoms with Crippen LogP contribution in [0.25, 0.3) is 5.82 Å². The van der Waals surface area contributed by atoms with E-state index < -0.39 is 11.8 Å². The van der Waals surface area contributed by atoms with Gasteiger partial charge in [0.1, 0.15) is 10.3 Å². The van der Waals surface area contributed by atoms with Crippen molar-refractivity contribution in [2.45, 2.75) is 13.8 Å². The summed E-state index contributed by atoms with van der Waals surface area (Å²) in [6.07, 6.45) is 1.36. The van der Waals surface area contributed by atoms with E-state index in [4.69, 9.17) is 52.1 Å². The van der Waals surface area contributed by atoms with Crippen LogP contribution in [0.4, 0.5) is 5.69 Å². The monoisotopic (exact) mass is 551 g/mol. The maximum absolute atomic E-state index is 12.9. The summed E-state index contributed by atoms with van der Waals surface area (Å²) in [5, 5.41) is 7.46. The molecule has 7 nitrogen and oxygen atoms in total. The molecule has 0 atom stereocenters. The van der Waals surface area contributed by atoms with Crippen LogP contribution in [0.5, 0.6) is 0 Å². The predicted molar refractivity (Wildman–Crippen MR) is 123 cm³/mol. The minimum Gasteiger partial charge on any atom is -0.366 e. The average molecular weight is 554 g/mol. The number of pyridine rings is 1. The zero-order chi connectivity index (χ0) is 22.6. The molecule has 0 unspecified atom stereocenters. The molecule has 30 heavy (non-hydrogen) atoms. The highest BCUT2D eigenvalue weighted by molar-refractivity contribution is 9.10. The zero-order valence-corrected chi connectivity index (χ0v) is 20.1. The number of primary amides is 1. The molecule has 3 N–H and O–H groups in total. The van der Waals surface area contributed by atoms with Crippen molar-refractivity contribution in [2.24, 2.45) is 5.73 Å². The first kappa shape index (κ1) is 24.4. The number of hydrogen-bond acceptors (Lipinski definition) is 4. The van der Waals surface area contributed by atoms with Crippen LogP contribution in [0, 0.1) is 0 Å². The Balaban J connectivity index is 0.00000155. The fraction of sp³-hybridized carbons (Fsp3) is 0.111. The minimum atomic E-state index is -0.809. The highest BCUT2D eigenvalue weighted by Crippen LogP contribution is 2.31. The first-order valence-electron chi connectivity index (χ1n) is 8.34. The van der Waals surface area contributed by atoms with Crippen molar-refractivity contribution in [1.29, 1.82) is 0 Å². The van der Waals surface area contributed by atoms with Crippen LogP contribution in [0.1, 0.15) is 34.7 Å². The molecule has 0 aliphatic carbocycles. The fourth-order valence-corrected chi connectivity index (χ4v) is 3.69. The van der Waals surface area contributed by atoms with Gasteiger partial charge in [0, 0.05) is 17.3 Å². The van der Waals surface area contributed by atoms with E-state index in [9.17, 15) is 9.59 Å². The largest absolute Gasteiger partial charge is 0.366 e. The molecular formula is C18H14BrCl4N5O2. The molecule has 0 spiro atoms. The van der Waals surface area contributed by atoms with Crippen molar-refractivity contribution in [3.05, 3.63) is 66.4 Å². The normalized spacial score (nSPS) is 10.2. The van der Waals surface area contributed by atoms with Crippen LogP contribution in [-0.4, -0.2) is 26.6 Å². The van der Waals surface area contributed by atoms with Crippen LogP contribution in [-0.2, 0) is 0 Å². The van der Waals surface area contributed by atoms with E-state index in [2.05, 4.69) is 31.3 Å². The Hall–Kier alpha value is -1.84. The summed E-state index contributed by atoms with van der Waals surface area (Å²) in [6, 6.07) is 5.58. The lowest BCUT2D eigenvalue weighted by Crippen LogP contribution is -2.21. The quantitative estimate of drug-likeness (QED) is 0.412. The first-order chi connectivity index (χ1) is 14.2. The zero-order valence-electron chi connectivity index (χ0n) is 15.5. The summed E-state index contributed by atoms with van der Waals surface area (Å²) in [7, 11) is 0. The highest BCUT2D eigenvalue weighted by Gasteiger charge is 2.22. The molecule has 0 aliphatic heterocycles. The Labute approximate surface area is 200 Å². The van der Waals surface area contributed by atoms with Gasteiger partial charge >= 0.3 is 0 Å². The van der Waals surface area contributed by atoms with E-state index in [0.717, 1.165) is 0 Å². The van der Waals surface area contributed by atoms with Crippen molar-refractivity contribution in [3.8, 4) is 5.82 Å². The summed E-state index contributed by atoms with van der Waals surface area (Å²) in [5.41, 5.74) is 5.39. The number of carbonyl (C=O) groups excluding carboxylic acids is 2. The molecule has 1 aromatic carbocycles.